The van der Waals surface area contributed by atoms with Crippen molar-refractivity contribution in [2.24, 2.45) is 0 Å². The summed E-state index contributed by atoms with van der Waals surface area (Å²) in [6.45, 7) is 3.31. The molecule has 2 aromatic carbocycles. The van der Waals surface area contributed by atoms with Gasteiger partial charge in [0.1, 0.15) is 11.2 Å². The average molecular weight is 792 g/mol. The molecule has 5 aromatic rings. The maximum Gasteiger partial charge on any atom is 0.251 e. The van der Waals surface area contributed by atoms with E-state index in [0.717, 1.165) is 48.9 Å². The zero-order valence-electron chi connectivity index (χ0n) is 31.6. The number of benzene rings is 2. The highest BCUT2D eigenvalue weighted by Gasteiger charge is 2.49. The Labute approximate surface area is 330 Å². The Bertz CT molecular complexity index is 2410. The zero-order valence-corrected chi connectivity index (χ0v) is 32.4. The number of rotatable bonds is 17. The van der Waals surface area contributed by atoms with Gasteiger partial charge in [-0.3, -0.25) is 24.4 Å². The summed E-state index contributed by atoms with van der Waals surface area (Å²) in [7, 11) is -3.38. The van der Waals surface area contributed by atoms with Gasteiger partial charge in [-0.2, -0.15) is 19.6 Å². The first-order chi connectivity index (χ1) is 27.6. The van der Waals surface area contributed by atoms with E-state index in [0.29, 0.717) is 53.5 Å². The van der Waals surface area contributed by atoms with Crippen molar-refractivity contribution >= 4 is 56.1 Å². The van der Waals surface area contributed by atoms with Crippen molar-refractivity contribution in [1.29, 1.82) is 5.26 Å². The molecule has 2 fully saturated rings. The molecule has 3 aromatic heterocycles. The van der Waals surface area contributed by atoms with E-state index in [1.54, 1.807) is 54.5 Å². The number of anilines is 3. The molecule has 2 aliphatic heterocycles. The van der Waals surface area contributed by atoms with Gasteiger partial charge in [-0.15, -0.1) is 0 Å². The van der Waals surface area contributed by atoms with Crippen LogP contribution in [-0.2, 0) is 25.2 Å². The Kier molecular flexibility index (Phi) is 11.6. The minimum Gasteiger partial charge on any atom is -0.385 e. The number of fused-ring (bicyclic) bond motifs is 1. The third-order valence-electron chi connectivity index (χ3n) is 10.5. The smallest absolute Gasteiger partial charge is 0.251 e. The summed E-state index contributed by atoms with van der Waals surface area (Å²) < 4.78 is 27.9. The van der Waals surface area contributed by atoms with Gasteiger partial charge in [0.15, 0.2) is 0 Å². The first kappa shape index (κ1) is 39.1. The van der Waals surface area contributed by atoms with Crippen molar-refractivity contribution in [3.05, 3.63) is 84.3 Å². The molecule has 0 radical (unpaired) electrons. The van der Waals surface area contributed by atoms with Crippen molar-refractivity contribution in [3.8, 4) is 17.3 Å². The van der Waals surface area contributed by atoms with Crippen LogP contribution in [0.25, 0.3) is 22.3 Å². The van der Waals surface area contributed by atoms with E-state index in [1.165, 1.54) is 4.31 Å². The molecular formula is C40H45N11O5S. The predicted octanol–water partition coefficient (Wildman–Crippen LogP) is 4.76. The van der Waals surface area contributed by atoms with Crippen LogP contribution in [0.5, 0.6) is 0 Å². The molecule has 1 atom stereocenters. The number of nitrogens with one attached hydrogen (secondary N) is 5. The molecule has 2 saturated heterocycles. The number of H-pyrrole nitrogens is 1. The fraction of sp³-hybridized carbons (Fsp3) is 0.375. The maximum atomic E-state index is 12.9. The van der Waals surface area contributed by atoms with E-state index >= 15 is 0 Å². The van der Waals surface area contributed by atoms with Crippen molar-refractivity contribution in [2.75, 3.05) is 42.6 Å². The largest absolute Gasteiger partial charge is 0.385 e. The quantitative estimate of drug-likeness (QED) is 0.0638. The van der Waals surface area contributed by atoms with E-state index in [2.05, 4.69) is 42.4 Å². The summed E-state index contributed by atoms with van der Waals surface area (Å²) in [5.41, 5.74) is 4.23. The van der Waals surface area contributed by atoms with Gasteiger partial charge in [0, 0.05) is 72.9 Å². The number of nitrogens with zero attached hydrogens (tertiary/aromatic N) is 6. The minimum absolute atomic E-state index is 0.00463. The highest BCUT2D eigenvalue weighted by Crippen LogP contribution is 2.36. The van der Waals surface area contributed by atoms with Crippen LogP contribution in [-0.4, -0.2) is 87.1 Å². The van der Waals surface area contributed by atoms with Crippen LogP contribution in [0.2, 0.25) is 0 Å². The molecule has 0 aliphatic carbocycles. The van der Waals surface area contributed by atoms with Gasteiger partial charge in [-0.05, 0) is 74.2 Å². The van der Waals surface area contributed by atoms with Crippen LogP contribution in [0, 0.1) is 11.3 Å². The van der Waals surface area contributed by atoms with Crippen molar-refractivity contribution < 1.29 is 22.8 Å². The van der Waals surface area contributed by atoms with Crippen LogP contribution in [0.1, 0.15) is 73.7 Å². The number of hydrogen-bond donors (Lipinski definition) is 5. The fourth-order valence-electron chi connectivity index (χ4n) is 7.25. The molecule has 7 rings (SSSR count). The number of unbranched alkanes of at least 4 members (excludes halogenated alkanes) is 3. The number of nitriles is 1. The van der Waals surface area contributed by atoms with E-state index in [1.807, 2.05) is 30.3 Å². The first-order valence-corrected chi connectivity index (χ1v) is 20.8. The van der Waals surface area contributed by atoms with E-state index in [-0.39, 0.29) is 48.9 Å². The summed E-state index contributed by atoms with van der Waals surface area (Å²) in [6, 6.07) is 18.9. The van der Waals surface area contributed by atoms with E-state index < -0.39 is 15.6 Å². The molecule has 0 saturated carbocycles. The Morgan fingerprint density at radius 2 is 1.81 bits per heavy atom. The SMILES string of the molecule is CCS(=O)(=O)N1CC(CC#N)(n2cc(-c3nc(Nc4ccc(C(=O)NCCCCCCNc5cccc(C6CCC(=O)NC6=O)c5)cc4)nc4[nH]ccc34)cn2)C1. The number of sulfonamides is 1. The van der Waals surface area contributed by atoms with Crippen molar-refractivity contribution in [1.82, 2.24) is 39.7 Å². The van der Waals surface area contributed by atoms with E-state index in [4.69, 9.17) is 4.98 Å². The molecule has 0 bridgehead atoms. The van der Waals surface area contributed by atoms with Crippen molar-refractivity contribution in [2.45, 2.75) is 63.3 Å². The summed E-state index contributed by atoms with van der Waals surface area (Å²) in [4.78, 5) is 49.1. The molecule has 57 heavy (non-hydrogen) atoms. The lowest BCUT2D eigenvalue weighted by atomic mass is 9.89. The molecule has 1 unspecified atom stereocenters. The first-order valence-electron chi connectivity index (χ1n) is 19.2. The molecule has 5 heterocycles. The second kappa shape index (κ2) is 16.9. The van der Waals surface area contributed by atoms with Gasteiger partial charge in [0.05, 0.1) is 36.1 Å². The Balaban J connectivity index is 0.873. The Morgan fingerprint density at radius 1 is 1.02 bits per heavy atom. The highest BCUT2D eigenvalue weighted by molar-refractivity contribution is 7.89. The molecule has 3 amide bonds. The third kappa shape index (κ3) is 8.82. The minimum atomic E-state index is -3.38. The average Bonchev–Trinajstić information content (AvgIpc) is 3.88. The Morgan fingerprint density at radius 3 is 2.56 bits per heavy atom. The second-order valence-corrected chi connectivity index (χ2v) is 16.7. The third-order valence-corrected chi connectivity index (χ3v) is 12.3. The molecule has 296 valence electrons. The lowest BCUT2D eigenvalue weighted by Gasteiger charge is -2.47. The summed E-state index contributed by atoms with van der Waals surface area (Å²) in [5, 5.41) is 26.9. The lowest BCUT2D eigenvalue weighted by molar-refractivity contribution is -0.134. The number of piperidine rings is 1. The van der Waals surface area contributed by atoms with E-state index in [9.17, 15) is 28.1 Å². The standard InChI is InChI=1S/C40H45N11O5S/c1-2-57(55,56)50-25-40(26-50,17-18-41)51-24-29(23-45-51)35-33-16-21-43-36(33)49-39(48-35)46-30-12-10-27(11-13-30)37(53)44-20-6-4-3-5-19-42-31-9-7-8-28(22-31)32-14-15-34(52)47-38(32)54/h7-13,16,21-24,32,42H,2-6,14-15,17,19-20,25-26H2,1H3,(H,44,53)(H,47,52,54)(H2,43,46,48,49). The summed E-state index contributed by atoms with van der Waals surface area (Å²) >= 11 is 0. The number of imide groups is 1. The molecule has 0 spiro atoms. The van der Waals surface area contributed by atoms with Gasteiger partial charge in [0.25, 0.3) is 5.91 Å². The number of carbonyl (C=O) groups excluding carboxylic acids is 3. The fourth-order valence-corrected chi connectivity index (χ4v) is 8.49. The van der Waals surface area contributed by atoms with Gasteiger partial charge in [-0.1, -0.05) is 25.0 Å². The summed E-state index contributed by atoms with van der Waals surface area (Å²) in [5.74, 6) is -0.584. The highest BCUT2D eigenvalue weighted by atomic mass is 32.2. The van der Waals surface area contributed by atoms with Gasteiger partial charge in [-0.25, -0.2) is 13.4 Å². The van der Waals surface area contributed by atoms with Crippen LogP contribution in [0.3, 0.4) is 0 Å². The molecule has 2 aliphatic rings. The lowest BCUT2D eigenvalue weighted by Crippen LogP contribution is -2.64. The number of aromatic nitrogens is 5. The van der Waals surface area contributed by atoms with Crippen LogP contribution in [0.4, 0.5) is 17.3 Å². The number of carbonyl (C=O) groups is 3. The number of amides is 3. The number of aromatic amines is 1. The Hall–Kier alpha value is -6.12. The van der Waals surface area contributed by atoms with Crippen LogP contribution >= 0.6 is 0 Å². The topological polar surface area (TPSA) is 220 Å². The van der Waals surface area contributed by atoms with Gasteiger partial charge < -0.3 is 20.9 Å². The predicted molar refractivity (Wildman–Crippen MR) is 215 cm³/mol. The summed E-state index contributed by atoms with van der Waals surface area (Å²) in [6.07, 6.45) is 10.0. The number of hydrogen-bond acceptors (Lipinski definition) is 11. The molecule has 17 heteroatoms. The second-order valence-electron chi connectivity index (χ2n) is 14.5. The van der Waals surface area contributed by atoms with Gasteiger partial charge >= 0.3 is 0 Å². The molecular weight excluding hydrogens is 747 g/mol. The monoisotopic (exact) mass is 791 g/mol. The zero-order chi connectivity index (χ0) is 40.0. The van der Waals surface area contributed by atoms with Crippen LogP contribution < -0.4 is 21.3 Å². The van der Waals surface area contributed by atoms with Crippen molar-refractivity contribution in [3.63, 3.8) is 0 Å². The van der Waals surface area contributed by atoms with Gasteiger partial charge in [0.2, 0.25) is 27.8 Å². The normalized spacial score (nSPS) is 16.7. The molecule has 16 nitrogen and oxygen atoms in total. The molecule has 5 N–H and O–H groups in total. The van der Waals surface area contributed by atoms with Crippen LogP contribution in [0.15, 0.2) is 73.2 Å². The maximum absolute atomic E-state index is 12.9.